The van der Waals surface area contributed by atoms with E-state index in [0.717, 1.165) is 26.3 Å². The van der Waals surface area contributed by atoms with E-state index in [0.29, 0.717) is 6.04 Å². The third-order valence-corrected chi connectivity index (χ3v) is 2.62. The van der Waals surface area contributed by atoms with Gasteiger partial charge in [0.15, 0.2) is 0 Å². The summed E-state index contributed by atoms with van der Waals surface area (Å²) in [6, 6.07) is 0.536. The van der Waals surface area contributed by atoms with Crippen LogP contribution < -0.4 is 11.1 Å². The molecular formula is C12H28N2O2. The number of ether oxygens (including phenoxy) is 2. The second kappa shape index (κ2) is 12.9. The van der Waals surface area contributed by atoms with E-state index in [1.54, 1.807) is 14.2 Å². The highest BCUT2D eigenvalue weighted by Crippen LogP contribution is 2.14. The van der Waals surface area contributed by atoms with Gasteiger partial charge in [-0.1, -0.05) is 19.3 Å². The molecule has 0 amide bonds. The number of nitrogens with one attached hydrogen (secondary N) is 1. The van der Waals surface area contributed by atoms with Crippen molar-refractivity contribution in [1.29, 1.82) is 0 Å². The first-order valence-corrected chi connectivity index (χ1v) is 6.25. The number of hydrogen-bond acceptors (Lipinski definition) is 4. The summed E-state index contributed by atoms with van der Waals surface area (Å²) in [5.41, 5.74) is 5.63. The van der Waals surface area contributed by atoms with Crippen LogP contribution in [0.15, 0.2) is 0 Å². The summed E-state index contributed by atoms with van der Waals surface area (Å²) < 4.78 is 9.64. The van der Waals surface area contributed by atoms with E-state index < -0.39 is 0 Å². The van der Waals surface area contributed by atoms with Crippen molar-refractivity contribution >= 4 is 0 Å². The quantitative estimate of drug-likeness (QED) is 0.674. The van der Waals surface area contributed by atoms with E-state index >= 15 is 0 Å². The third kappa shape index (κ3) is 11.9. The first kappa shape index (κ1) is 15.8. The predicted molar refractivity (Wildman–Crippen MR) is 67.7 cm³/mol. The third-order valence-electron chi connectivity index (χ3n) is 2.62. The number of methoxy groups -OCH3 is 2. The van der Waals surface area contributed by atoms with Gasteiger partial charge in [-0.25, -0.2) is 0 Å². The summed E-state index contributed by atoms with van der Waals surface area (Å²) in [7, 11) is 3.38. The van der Waals surface area contributed by atoms with E-state index in [1.165, 1.54) is 32.1 Å². The van der Waals surface area contributed by atoms with Gasteiger partial charge in [0.05, 0.1) is 13.2 Å². The maximum absolute atomic E-state index is 5.63. The summed E-state index contributed by atoms with van der Waals surface area (Å²) in [6.07, 6.45) is 6.66. The molecule has 1 saturated carbocycles. The molecule has 0 aliphatic heterocycles. The molecule has 3 N–H and O–H groups in total. The van der Waals surface area contributed by atoms with Gasteiger partial charge in [-0.15, -0.1) is 0 Å². The van der Waals surface area contributed by atoms with E-state index in [4.69, 9.17) is 15.2 Å². The van der Waals surface area contributed by atoms with Crippen molar-refractivity contribution in [2.45, 2.75) is 38.1 Å². The minimum absolute atomic E-state index is 0.536. The van der Waals surface area contributed by atoms with Gasteiger partial charge in [-0.2, -0.15) is 0 Å². The highest BCUT2D eigenvalue weighted by atomic mass is 16.5. The van der Waals surface area contributed by atoms with E-state index in [9.17, 15) is 0 Å². The van der Waals surface area contributed by atoms with Crippen molar-refractivity contribution < 1.29 is 9.47 Å². The second-order valence-corrected chi connectivity index (χ2v) is 4.13. The Bertz CT molecular complexity index is 122. The summed E-state index contributed by atoms with van der Waals surface area (Å²) in [4.78, 5) is 0. The van der Waals surface area contributed by atoms with Crippen LogP contribution >= 0.6 is 0 Å². The lowest BCUT2D eigenvalue weighted by molar-refractivity contribution is 0.180. The standard InChI is InChI=1S/C6H15NO2.C6H13N/c1-8-5-3-7-4-6-9-2;7-6-4-2-1-3-5-6/h7H,3-6H2,1-2H3;6H,1-5,7H2. The fourth-order valence-electron chi connectivity index (χ4n) is 1.61. The molecule has 0 heterocycles. The predicted octanol–water partition coefficient (Wildman–Crippen LogP) is 1.15. The lowest BCUT2D eigenvalue weighted by Crippen LogP contribution is -2.23. The highest BCUT2D eigenvalue weighted by molar-refractivity contribution is 4.66. The van der Waals surface area contributed by atoms with Crippen LogP contribution in [0.5, 0.6) is 0 Å². The summed E-state index contributed by atoms with van der Waals surface area (Å²) >= 11 is 0. The van der Waals surface area contributed by atoms with Crippen molar-refractivity contribution in [3.8, 4) is 0 Å². The van der Waals surface area contributed by atoms with Crippen LogP contribution in [0.2, 0.25) is 0 Å². The van der Waals surface area contributed by atoms with Crippen molar-refractivity contribution in [2.75, 3.05) is 40.5 Å². The average molecular weight is 232 g/mol. The Morgan fingerprint density at radius 3 is 1.81 bits per heavy atom. The highest BCUT2D eigenvalue weighted by Gasteiger charge is 2.06. The lowest BCUT2D eigenvalue weighted by Gasteiger charge is -2.15. The molecule has 0 bridgehead atoms. The molecule has 1 aliphatic rings. The van der Waals surface area contributed by atoms with Crippen molar-refractivity contribution in [1.82, 2.24) is 5.32 Å². The molecule has 0 atom stereocenters. The van der Waals surface area contributed by atoms with Crippen molar-refractivity contribution in [2.24, 2.45) is 5.73 Å². The van der Waals surface area contributed by atoms with Gasteiger partial charge >= 0.3 is 0 Å². The molecule has 0 aromatic rings. The Labute approximate surface area is 99.9 Å². The molecule has 1 fully saturated rings. The monoisotopic (exact) mass is 232 g/mol. The topological polar surface area (TPSA) is 56.5 Å². The number of nitrogens with two attached hydrogens (primary N) is 1. The first-order chi connectivity index (χ1) is 7.81. The van der Waals surface area contributed by atoms with Gasteiger partial charge in [0, 0.05) is 33.4 Å². The Balaban J connectivity index is 0.000000288. The molecule has 4 nitrogen and oxygen atoms in total. The van der Waals surface area contributed by atoms with Gasteiger partial charge in [0.2, 0.25) is 0 Å². The van der Waals surface area contributed by atoms with E-state index in [2.05, 4.69) is 5.32 Å². The summed E-state index contributed by atoms with van der Waals surface area (Å²) in [5.74, 6) is 0. The van der Waals surface area contributed by atoms with Crippen LogP contribution in [0.25, 0.3) is 0 Å². The van der Waals surface area contributed by atoms with Gasteiger partial charge in [-0.3, -0.25) is 0 Å². The summed E-state index contributed by atoms with van der Waals surface area (Å²) in [5, 5.41) is 3.14. The molecule has 1 rings (SSSR count). The Morgan fingerprint density at radius 1 is 1.00 bits per heavy atom. The molecular weight excluding hydrogens is 204 g/mol. The van der Waals surface area contributed by atoms with Gasteiger partial charge in [0.25, 0.3) is 0 Å². The van der Waals surface area contributed by atoms with Gasteiger partial charge in [-0.05, 0) is 12.8 Å². The molecule has 0 unspecified atom stereocenters. The normalized spacial score (nSPS) is 16.7. The molecule has 0 spiro atoms. The van der Waals surface area contributed by atoms with Crippen LogP contribution in [0.3, 0.4) is 0 Å². The lowest BCUT2D eigenvalue weighted by atomic mass is 9.97. The summed E-state index contributed by atoms with van der Waals surface area (Å²) in [6.45, 7) is 3.34. The zero-order chi connectivity index (χ0) is 12.1. The van der Waals surface area contributed by atoms with E-state index in [1.807, 2.05) is 0 Å². The molecule has 4 heteroatoms. The zero-order valence-electron chi connectivity index (χ0n) is 10.8. The maximum Gasteiger partial charge on any atom is 0.0587 e. The average Bonchev–Trinajstić information content (AvgIpc) is 2.31. The second-order valence-electron chi connectivity index (χ2n) is 4.13. The van der Waals surface area contributed by atoms with Crippen LogP contribution in [0, 0.1) is 0 Å². The molecule has 0 saturated heterocycles. The Morgan fingerprint density at radius 2 is 1.50 bits per heavy atom. The molecule has 0 radical (unpaired) electrons. The molecule has 98 valence electrons. The Hall–Kier alpha value is -0.160. The molecule has 0 aromatic heterocycles. The molecule has 16 heavy (non-hydrogen) atoms. The Kier molecular flexibility index (Phi) is 12.8. The van der Waals surface area contributed by atoms with Gasteiger partial charge < -0.3 is 20.5 Å². The number of rotatable bonds is 6. The molecule has 1 aliphatic carbocycles. The fourth-order valence-corrected chi connectivity index (χ4v) is 1.61. The van der Waals surface area contributed by atoms with Crippen molar-refractivity contribution in [3.63, 3.8) is 0 Å². The van der Waals surface area contributed by atoms with Crippen LogP contribution in [0.4, 0.5) is 0 Å². The minimum atomic E-state index is 0.536. The van der Waals surface area contributed by atoms with Gasteiger partial charge in [0.1, 0.15) is 0 Å². The fraction of sp³-hybridized carbons (Fsp3) is 1.00. The van der Waals surface area contributed by atoms with Crippen LogP contribution in [-0.4, -0.2) is 46.6 Å². The zero-order valence-corrected chi connectivity index (χ0v) is 10.8. The maximum atomic E-state index is 5.63. The SMILES string of the molecule is COCCNCCOC.NC1CCCCC1. The largest absolute Gasteiger partial charge is 0.383 e. The minimum Gasteiger partial charge on any atom is -0.383 e. The van der Waals surface area contributed by atoms with Crippen molar-refractivity contribution in [3.05, 3.63) is 0 Å². The molecule has 0 aromatic carbocycles. The smallest absolute Gasteiger partial charge is 0.0587 e. The van der Waals surface area contributed by atoms with E-state index in [-0.39, 0.29) is 0 Å². The van der Waals surface area contributed by atoms with Crippen LogP contribution in [0.1, 0.15) is 32.1 Å². The van der Waals surface area contributed by atoms with Crippen LogP contribution in [-0.2, 0) is 9.47 Å². The number of hydrogen-bond donors (Lipinski definition) is 2. The first-order valence-electron chi connectivity index (χ1n) is 6.25.